The van der Waals surface area contributed by atoms with Crippen LogP contribution in [0.1, 0.15) is 45.5 Å². The van der Waals surface area contributed by atoms with E-state index in [4.69, 9.17) is 30.4 Å². The van der Waals surface area contributed by atoms with Crippen LogP contribution in [-0.4, -0.2) is 64.1 Å². The number of nitrogens with two attached hydrogens (primary N) is 2. The standard InChI is InChI=1S/C8H15N5O2.C2H5NO.C2H6O.CH2O2.CH4O/c1-3-10-8(14)11-4-6-12-7(5(2)9)13-15-6;1-2(3)4;1-2-3;2-1-3;1-2/h5H,3-4,9H2,1-2H3,(H2,10,11,14);1H3,(H2,3,4);3H,2H2,1H3;1H,(H,2,3);2H,1H3. The van der Waals surface area contributed by atoms with Gasteiger partial charge in [-0.3, -0.25) is 9.59 Å². The first-order valence-electron chi connectivity index (χ1n) is 7.69. The Morgan fingerprint density at radius 2 is 1.70 bits per heavy atom. The Morgan fingerprint density at radius 1 is 1.30 bits per heavy atom. The molecule has 1 rings (SSSR count). The maximum Gasteiger partial charge on any atom is 0.315 e. The number of primary amides is 1. The third-order valence-electron chi connectivity index (χ3n) is 1.63. The van der Waals surface area contributed by atoms with Crippen molar-refractivity contribution in [3.63, 3.8) is 0 Å². The molecule has 0 aromatic carbocycles. The number of hydrogen-bond acceptors (Lipinski definition) is 9. The summed E-state index contributed by atoms with van der Waals surface area (Å²) in [6.07, 6.45) is 0. The van der Waals surface area contributed by atoms with Crippen molar-refractivity contribution in [2.75, 3.05) is 20.3 Å². The first kappa shape index (κ1) is 31.9. The van der Waals surface area contributed by atoms with Gasteiger partial charge in [0.15, 0.2) is 5.82 Å². The number of carbonyl (C=O) groups is 3. The molecule has 13 heteroatoms. The quantitative estimate of drug-likeness (QED) is 0.298. The number of carbonyl (C=O) groups excluding carboxylic acids is 2. The highest BCUT2D eigenvalue weighted by Gasteiger charge is 2.10. The van der Waals surface area contributed by atoms with Gasteiger partial charge in [-0.1, -0.05) is 5.16 Å². The number of aliphatic hydroxyl groups excluding tert-OH is 2. The Balaban J connectivity index is -0.000000183. The van der Waals surface area contributed by atoms with E-state index in [1.54, 1.807) is 13.8 Å². The van der Waals surface area contributed by atoms with E-state index in [1.807, 2.05) is 6.92 Å². The summed E-state index contributed by atoms with van der Waals surface area (Å²) in [5, 5.41) is 30.3. The monoisotopic (exact) mass is 396 g/mol. The van der Waals surface area contributed by atoms with Gasteiger partial charge in [0.1, 0.15) is 0 Å². The normalized spacial score (nSPS) is 9.04. The minimum Gasteiger partial charge on any atom is -0.483 e. The molecule has 0 aliphatic rings. The Hall–Kier alpha value is -2.77. The zero-order valence-electron chi connectivity index (χ0n) is 16.3. The molecule has 1 heterocycles. The number of carboxylic acid groups (broad SMARTS) is 1. The molecule has 160 valence electrons. The lowest BCUT2D eigenvalue weighted by Crippen LogP contribution is -2.34. The van der Waals surface area contributed by atoms with Crippen molar-refractivity contribution in [3.8, 4) is 0 Å². The van der Waals surface area contributed by atoms with Crippen LogP contribution < -0.4 is 22.1 Å². The largest absolute Gasteiger partial charge is 0.483 e. The first-order valence-corrected chi connectivity index (χ1v) is 7.69. The van der Waals surface area contributed by atoms with Crippen LogP contribution in [0.15, 0.2) is 4.52 Å². The smallest absolute Gasteiger partial charge is 0.315 e. The maximum atomic E-state index is 11.0. The van der Waals surface area contributed by atoms with Gasteiger partial charge in [0.25, 0.3) is 6.47 Å². The maximum absolute atomic E-state index is 11.0. The third-order valence-corrected chi connectivity index (χ3v) is 1.63. The molecule has 1 aromatic rings. The average molecular weight is 396 g/mol. The van der Waals surface area contributed by atoms with Gasteiger partial charge in [0.05, 0.1) is 12.6 Å². The molecule has 1 aromatic heterocycles. The molecule has 1 atom stereocenters. The van der Waals surface area contributed by atoms with Gasteiger partial charge < -0.3 is 41.9 Å². The van der Waals surface area contributed by atoms with Crippen molar-refractivity contribution in [1.29, 1.82) is 0 Å². The highest BCUT2D eigenvalue weighted by Crippen LogP contribution is 2.04. The van der Waals surface area contributed by atoms with E-state index < -0.39 is 0 Å². The number of rotatable bonds is 4. The van der Waals surface area contributed by atoms with E-state index in [0.717, 1.165) is 7.11 Å². The van der Waals surface area contributed by atoms with E-state index in [2.05, 4.69) is 26.5 Å². The summed E-state index contributed by atoms with van der Waals surface area (Å²) in [4.78, 5) is 32.6. The predicted octanol–water partition coefficient (Wildman–Crippen LogP) is -1.29. The fraction of sp³-hybridized carbons (Fsp3) is 0.643. The van der Waals surface area contributed by atoms with Crippen LogP contribution in [0, 0.1) is 0 Å². The summed E-state index contributed by atoms with van der Waals surface area (Å²) in [6, 6.07) is -0.537. The molecule has 3 amide bonds. The molecule has 0 bridgehead atoms. The highest BCUT2D eigenvalue weighted by molar-refractivity contribution is 5.73. The molecule has 1 unspecified atom stereocenters. The second-order valence-corrected chi connectivity index (χ2v) is 4.08. The Morgan fingerprint density at radius 3 is 2.00 bits per heavy atom. The van der Waals surface area contributed by atoms with Crippen molar-refractivity contribution >= 4 is 18.4 Å². The second-order valence-electron chi connectivity index (χ2n) is 4.08. The summed E-state index contributed by atoms with van der Waals surface area (Å²) >= 11 is 0. The van der Waals surface area contributed by atoms with Crippen molar-refractivity contribution in [2.45, 2.75) is 40.3 Å². The lowest BCUT2D eigenvalue weighted by atomic mass is 10.3. The molecule has 0 saturated heterocycles. The third kappa shape index (κ3) is 31.5. The van der Waals surface area contributed by atoms with E-state index in [-0.39, 0.29) is 37.6 Å². The zero-order chi connectivity index (χ0) is 22.3. The van der Waals surface area contributed by atoms with Crippen LogP contribution in [0.4, 0.5) is 4.79 Å². The SMILES string of the molecule is CC(N)=O.CCNC(=O)NCc1nc(C(C)N)no1.CCO.CO.O=CO. The Labute approximate surface area is 158 Å². The molecule has 0 radical (unpaired) electrons. The summed E-state index contributed by atoms with van der Waals surface area (Å²) in [5.74, 6) is 0.441. The highest BCUT2D eigenvalue weighted by atomic mass is 16.5. The number of nitrogens with one attached hydrogen (secondary N) is 2. The first-order chi connectivity index (χ1) is 12.7. The van der Waals surface area contributed by atoms with Crippen LogP contribution in [0.5, 0.6) is 0 Å². The molecule has 0 saturated carbocycles. The molecular formula is C14H32N6O7. The van der Waals surface area contributed by atoms with Gasteiger partial charge >= 0.3 is 6.03 Å². The van der Waals surface area contributed by atoms with Crippen molar-refractivity contribution in [3.05, 3.63) is 11.7 Å². The fourth-order valence-corrected chi connectivity index (χ4v) is 0.904. The molecule has 13 nitrogen and oxygen atoms in total. The van der Waals surface area contributed by atoms with Crippen molar-refractivity contribution in [2.24, 2.45) is 11.5 Å². The van der Waals surface area contributed by atoms with Gasteiger partial charge in [-0.25, -0.2) is 4.79 Å². The number of nitrogens with zero attached hydrogens (tertiary/aromatic N) is 2. The van der Waals surface area contributed by atoms with Gasteiger partial charge in [-0.2, -0.15) is 4.98 Å². The number of aliphatic hydroxyl groups is 2. The molecule has 9 N–H and O–H groups in total. The van der Waals surface area contributed by atoms with Gasteiger partial charge in [0.2, 0.25) is 11.8 Å². The van der Waals surface area contributed by atoms with Crippen LogP contribution in [-0.2, 0) is 16.1 Å². The lowest BCUT2D eigenvalue weighted by Gasteiger charge is -2.01. The molecule has 0 spiro atoms. The van der Waals surface area contributed by atoms with Crippen LogP contribution in [0.2, 0.25) is 0 Å². The van der Waals surface area contributed by atoms with E-state index >= 15 is 0 Å². The van der Waals surface area contributed by atoms with E-state index in [1.165, 1.54) is 6.92 Å². The number of hydrogen-bond donors (Lipinski definition) is 7. The lowest BCUT2D eigenvalue weighted by molar-refractivity contribution is -0.123. The van der Waals surface area contributed by atoms with Crippen LogP contribution in [0.3, 0.4) is 0 Å². The Kier molecular flexibility index (Phi) is 30.1. The summed E-state index contributed by atoms with van der Waals surface area (Å²) < 4.78 is 4.87. The zero-order valence-corrected chi connectivity index (χ0v) is 16.3. The van der Waals surface area contributed by atoms with Crippen LogP contribution in [0.25, 0.3) is 0 Å². The predicted molar refractivity (Wildman–Crippen MR) is 97.3 cm³/mol. The van der Waals surface area contributed by atoms with Gasteiger partial charge in [0, 0.05) is 27.2 Å². The number of aromatic nitrogens is 2. The summed E-state index contributed by atoms with van der Waals surface area (Å²) in [5.41, 5.74) is 10.0. The van der Waals surface area contributed by atoms with Crippen LogP contribution >= 0.6 is 0 Å². The minimum atomic E-state index is -0.333. The molecular weight excluding hydrogens is 364 g/mol. The van der Waals surface area contributed by atoms with Gasteiger partial charge in [-0.15, -0.1) is 0 Å². The molecule has 0 fully saturated rings. The number of urea groups is 1. The van der Waals surface area contributed by atoms with E-state index in [9.17, 15) is 9.59 Å². The fourth-order valence-electron chi connectivity index (χ4n) is 0.904. The number of amides is 3. The second kappa shape index (κ2) is 25.5. The minimum absolute atomic E-state index is 0.200. The Bertz CT molecular complexity index is 465. The molecule has 27 heavy (non-hydrogen) atoms. The van der Waals surface area contributed by atoms with E-state index in [0.29, 0.717) is 18.3 Å². The molecule has 0 aliphatic heterocycles. The van der Waals surface area contributed by atoms with Crippen molar-refractivity contribution < 1.29 is 34.2 Å². The van der Waals surface area contributed by atoms with Crippen molar-refractivity contribution in [1.82, 2.24) is 20.8 Å². The average Bonchev–Trinajstić information content (AvgIpc) is 3.05. The summed E-state index contributed by atoms with van der Waals surface area (Å²) in [7, 11) is 1.00. The van der Waals surface area contributed by atoms with Gasteiger partial charge in [-0.05, 0) is 20.8 Å². The molecule has 0 aliphatic carbocycles. The summed E-state index contributed by atoms with van der Waals surface area (Å²) in [6.45, 7) is 7.35. The topological polar surface area (TPSA) is 227 Å².